The van der Waals surface area contributed by atoms with Crippen LogP contribution in [0.1, 0.15) is 71.6 Å². The summed E-state index contributed by atoms with van der Waals surface area (Å²) in [6, 6.07) is 0.538. The lowest BCUT2D eigenvalue weighted by molar-refractivity contribution is -0.0124. The van der Waals surface area contributed by atoms with E-state index >= 15 is 0 Å². The first-order chi connectivity index (χ1) is 8.23. The van der Waals surface area contributed by atoms with E-state index in [0.717, 1.165) is 6.61 Å². The summed E-state index contributed by atoms with van der Waals surface area (Å²) < 4.78 is 5.93. The average molecular weight is 241 g/mol. The van der Waals surface area contributed by atoms with Crippen molar-refractivity contribution in [1.29, 1.82) is 0 Å². The lowest BCUT2D eigenvalue weighted by Crippen LogP contribution is -2.46. The maximum atomic E-state index is 5.93. The molecule has 0 saturated carbocycles. The molecule has 17 heavy (non-hydrogen) atoms. The van der Waals surface area contributed by atoms with Gasteiger partial charge in [-0.25, -0.2) is 0 Å². The zero-order valence-electron chi connectivity index (χ0n) is 12.1. The minimum atomic E-state index is 0.0954. The van der Waals surface area contributed by atoms with Gasteiger partial charge in [-0.15, -0.1) is 0 Å². The minimum absolute atomic E-state index is 0.0954. The second-order valence-corrected chi connectivity index (χ2v) is 5.66. The molecule has 0 aliphatic carbocycles. The molecule has 102 valence electrons. The van der Waals surface area contributed by atoms with E-state index in [0.29, 0.717) is 6.04 Å². The van der Waals surface area contributed by atoms with Gasteiger partial charge in [0.2, 0.25) is 0 Å². The molecule has 1 saturated heterocycles. The highest BCUT2D eigenvalue weighted by Gasteiger charge is 2.36. The lowest BCUT2D eigenvalue weighted by Gasteiger charge is -2.33. The summed E-state index contributed by atoms with van der Waals surface area (Å²) in [6.45, 7) is 5.50. The monoisotopic (exact) mass is 241 g/mol. The summed E-state index contributed by atoms with van der Waals surface area (Å²) in [7, 11) is 2.08. The van der Waals surface area contributed by atoms with Gasteiger partial charge >= 0.3 is 0 Å². The Morgan fingerprint density at radius 3 is 2.47 bits per heavy atom. The van der Waals surface area contributed by atoms with Crippen LogP contribution in [0.4, 0.5) is 0 Å². The molecule has 2 unspecified atom stereocenters. The van der Waals surface area contributed by atoms with Crippen molar-refractivity contribution < 1.29 is 4.74 Å². The van der Waals surface area contributed by atoms with Crippen molar-refractivity contribution in [3.05, 3.63) is 0 Å². The molecular weight excluding hydrogens is 210 g/mol. The third-order valence-corrected chi connectivity index (χ3v) is 4.18. The van der Waals surface area contributed by atoms with Crippen LogP contribution < -0.4 is 5.32 Å². The molecule has 1 heterocycles. The van der Waals surface area contributed by atoms with Gasteiger partial charge in [-0.05, 0) is 33.2 Å². The summed E-state index contributed by atoms with van der Waals surface area (Å²) >= 11 is 0. The molecule has 1 N–H and O–H groups in total. The molecule has 2 atom stereocenters. The Hall–Kier alpha value is -0.0800. The molecule has 0 spiro atoms. The second-order valence-electron chi connectivity index (χ2n) is 5.66. The zero-order chi connectivity index (χ0) is 12.6. The third kappa shape index (κ3) is 4.97. The standard InChI is InChI=1S/C15H31NO/c1-4-5-6-7-8-9-11-14(16-3)15(2)12-10-13-17-15/h14,16H,4-13H2,1-3H3. The van der Waals surface area contributed by atoms with Crippen molar-refractivity contribution in [3.8, 4) is 0 Å². The number of ether oxygens (including phenoxy) is 1. The first-order valence-corrected chi connectivity index (χ1v) is 7.54. The van der Waals surface area contributed by atoms with Crippen LogP contribution in [-0.2, 0) is 4.74 Å². The van der Waals surface area contributed by atoms with Gasteiger partial charge in [0.15, 0.2) is 0 Å². The van der Waals surface area contributed by atoms with Crippen LogP contribution in [-0.4, -0.2) is 25.3 Å². The highest BCUT2D eigenvalue weighted by Crippen LogP contribution is 2.30. The van der Waals surface area contributed by atoms with Crippen LogP contribution >= 0.6 is 0 Å². The molecule has 0 bridgehead atoms. The normalized spacial score (nSPS) is 26.3. The van der Waals surface area contributed by atoms with Crippen LogP contribution in [0.25, 0.3) is 0 Å². The maximum Gasteiger partial charge on any atom is 0.0807 e. The van der Waals surface area contributed by atoms with Crippen LogP contribution in [0.2, 0.25) is 0 Å². The summed E-state index contributed by atoms with van der Waals surface area (Å²) in [5.41, 5.74) is 0.0954. The lowest BCUT2D eigenvalue weighted by atomic mass is 9.89. The quantitative estimate of drug-likeness (QED) is 0.618. The fourth-order valence-corrected chi connectivity index (χ4v) is 2.96. The number of likely N-dealkylation sites (N-methyl/N-ethyl adjacent to an activating group) is 1. The second kappa shape index (κ2) is 8.10. The zero-order valence-corrected chi connectivity index (χ0v) is 12.1. The van der Waals surface area contributed by atoms with E-state index in [1.807, 2.05) is 0 Å². The van der Waals surface area contributed by atoms with Gasteiger partial charge in [0.25, 0.3) is 0 Å². The summed E-state index contributed by atoms with van der Waals surface area (Å²) in [6.07, 6.45) is 12.0. The molecular formula is C15H31NO. The highest BCUT2D eigenvalue weighted by atomic mass is 16.5. The van der Waals surface area contributed by atoms with Crippen molar-refractivity contribution in [2.24, 2.45) is 0 Å². The first-order valence-electron chi connectivity index (χ1n) is 7.54. The summed E-state index contributed by atoms with van der Waals surface area (Å²) in [4.78, 5) is 0. The summed E-state index contributed by atoms with van der Waals surface area (Å²) in [5, 5.41) is 3.46. The highest BCUT2D eigenvalue weighted by molar-refractivity contribution is 4.91. The SMILES string of the molecule is CCCCCCCCC(NC)C1(C)CCCO1. The average Bonchev–Trinajstić information content (AvgIpc) is 2.76. The molecule has 1 fully saturated rings. The van der Waals surface area contributed by atoms with Crippen LogP contribution in [0, 0.1) is 0 Å². The molecule has 0 amide bonds. The predicted molar refractivity (Wildman–Crippen MR) is 74.4 cm³/mol. The van der Waals surface area contributed by atoms with Gasteiger partial charge in [-0.1, -0.05) is 45.4 Å². The van der Waals surface area contributed by atoms with E-state index < -0.39 is 0 Å². The van der Waals surface area contributed by atoms with E-state index in [2.05, 4.69) is 26.2 Å². The molecule has 1 rings (SSSR count). The Balaban J connectivity index is 2.14. The minimum Gasteiger partial charge on any atom is -0.374 e. The molecule has 2 heteroatoms. The van der Waals surface area contributed by atoms with Crippen LogP contribution in [0.15, 0.2) is 0 Å². The van der Waals surface area contributed by atoms with Gasteiger partial charge in [-0.3, -0.25) is 0 Å². The number of unbranched alkanes of at least 4 members (excludes halogenated alkanes) is 5. The predicted octanol–water partition coefficient (Wildman–Crippen LogP) is 3.89. The fraction of sp³-hybridized carbons (Fsp3) is 1.00. The Bertz CT molecular complexity index is 187. The number of hydrogen-bond acceptors (Lipinski definition) is 2. The van der Waals surface area contributed by atoms with Gasteiger partial charge in [-0.2, -0.15) is 0 Å². The van der Waals surface area contributed by atoms with E-state index in [4.69, 9.17) is 4.74 Å². The topological polar surface area (TPSA) is 21.3 Å². The van der Waals surface area contributed by atoms with Gasteiger partial charge in [0, 0.05) is 12.6 Å². The van der Waals surface area contributed by atoms with E-state index in [1.165, 1.54) is 57.8 Å². The molecule has 1 aliphatic rings. The Morgan fingerprint density at radius 2 is 1.88 bits per heavy atom. The largest absolute Gasteiger partial charge is 0.374 e. The van der Waals surface area contributed by atoms with Crippen LogP contribution in [0.5, 0.6) is 0 Å². The Morgan fingerprint density at radius 1 is 1.18 bits per heavy atom. The van der Waals surface area contributed by atoms with Gasteiger partial charge < -0.3 is 10.1 Å². The molecule has 0 aromatic rings. The summed E-state index contributed by atoms with van der Waals surface area (Å²) in [5.74, 6) is 0. The van der Waals surface area contributed by atoms with Crippen molar-refractivity contribution in [2.45, 2.75) is 83.3 Å². The molecule has 0 aromatic heterocycles. The van der Waals surface area contributed by atoms with Gasteiger partial charge in [0.05, 0.1) is 5.60 Å². The van der Waals surface area contributed by atoms with Crippen molar-refractivity contribution in [2.75, 3.05) is 13.7 Å². The van der Waals surface area contributed by atoms with E-state index in [-0.39, 0.29) is 5.60 Å². The number of hydrogen-bond donors (Lipinski definition) is 1. The molecule has 0 radical (unpaired) electrons. The van der Waals surface area contributed by atoms with Crippen molar-refractivity contribution >= 4 is 0 Å². The van der Waals surface area contributed by atoms with Crippen molar-refractivity contribution in [1.82, 2.24) is 5.32 Å². The van der Waals surface area contributed by atoms with Crippen LogP contribution in [0.3, 0.4) is 0 Å². The maximum absolute atomic E-state index is 5.93. The Kier molecular flexibility index (Phi) is 7.14. The fourth-order valence-electron chi connectivity index (χ4n) is 2.96. The van der Waals surface area contributed by atoms with Gasteiger partial charge in [0.1, 0.15) is 0 Å². The Labute approximate surface area is 108 Å². The third-order valence-electron chi connectivity index (χ3n) is 4.18. The molecule has 0 aromatic carbocycles. The van der Waals surface area contributed by atoms with E-state index in [1.54, 1.807) is 0 Å². The van der Waals surface area contributed by atoms with E-state index in [9.17, 15) is 0 Å². The molecule has 2 nitrogen and oxygen atoms in total. The van der Waals surface area contributed by atoms with Crippen molar-refractivity contribution in [3.63, 3.8) is 0 Å². The number of nitrogens with one attached hydrogen (secondary N) is 1. The number of rotatable bonds is 9. The molecule has 1 aliphatic heterocycles. The smallest absolute Gasteiger partial charge is 0.0807 e. The first kappa shape index (κ1) is 15.0.